The third kappa shape index (κ3) is 1.25. The Labute approximate surface area is 63.9 Å². The predicted octanol–water partition coefficient (Wildman–Crippen LogP) is 2.64. The van der Waals surface area contributed by atoms with E-state index in [9.17, 15) is 8.78 Å². The van der Waals surface area contributed by atoms with Crippen LogP contribution < -0.4 is 0 Å². The standard InChI is InChI=1S/C9H7F2/c10-7-3-4-8(6-1-2-6)9(11)5-7/h4-6H,1-2H2. The average molecular weight is 153 g/mol. The van der Waals surface area contributed by atoms with Crippen molar-refractivity contribution in [2.75, 3.05) is 0 Å². The summed E-state index contributed by atoms with van der Waals surface area (Å²) in [6.07, 6.45) is 2.05. The first-order valence-electron chi connectivity index (χ1n) is 3.64. The minimum Gasteiger partial charge on any atom is -0.207 e. The van der Waals surface area contributed by atoms with Crippen LogP contribution in [0.15, 0.2) is 12.1 Å². The van der Waals surface area contributed by atoms with Crippen molar-refractivity contribution in [3.8, 4) is 0 Å². The van der Waals surface area contributed by atoms with Crippen LogP contribution in [0, 0.1) is 17.7 Å². The van der Waals surface area contributed by atoms with Crippen molar-refractivity contribution in [1.29, 1.82) is 0 Å². The van der Waals surface area contributed by atoms with E-state index in [-0.39, 0.29) is 0 Å². The van der Waals surface area contributed by atoms with Crippen molar-refractivity contribution < 1.29 is 8.78 Å². The van der Waals surface area contributed by atoms with E-state index in [0.717, 1.165) is 18.9 Å². The minimum atomic E-state index is -0.619. The molecular weight excluding hydrogens is 146 g/mol. The summed E-state index contributed by atoms with van der Waals surface area (Å²) in [5.41, 5.74) is 0.617. The summed E-state index contributed by atoms with van der Waals surface area (Å²) in [5, 5.41) is 0. The van der Waals surface area contributed by atoms with Crippen LogP contribution in [0.1, 0.15) is 24.3 Å². The third-order valence-corrected chi connectivity index (χ3v) is 1.91. The maximum Gasteiger partial charge on any atom is 0.134 e. The Morgan fingerprint density at radius 2 is 2.09 bits per heavy atom. The Hall–Kier alpha value is -0.920. The Kier molecular flexibility index (Phi) is 1.41. The molecular formula is C9H7F2. The van der Waals surface area contributed by atoms with Gasteiger partial charge in [0.25, 0.3) is 0 Å². The van der Waals surface area contributed by atoms with E-state index in [1.165, 1.54) is 6.07 Å². The molecule has 1 saturated carbocycles. The van der Waals surface area contributed by atoms with Gasteiger partial charge in [-0.25, -0.2) is 8.78 Å². The van der Waals surface area contributed by atoms with Crippen molar-refractivity contribution in [1.82, 2.24) is 0 Å². The lowest BCUT2D eigenvalue weighted by Crippen LogP contribution is -1.87. The first kappa shape index (κ1) is 6.77. The molecule has 0 aliphatic heterocycles. The van der Waals surface area contributed by atoms with Crippen LogP contribution in [-0.2, 0) is 0 Å². The summed E-state index contributed by atoms with van der Waals surface area (Å²) in [4.78, 5) is 0. The van der Waals surface area contributed by atoms with Crippen LogP contribution in [0.3, 0.4) is 0 Å². The molecule has 0 nitrogen and oxygen atoms in total. The van der Waals surface area contributed by atoms with E-state index in [1.807, 2.05) is 0 Å². The van der Waals surface area contributed by atoms with Gasteiger partial charge in [-0.3, -0.25) is 0 Å². The van der Waals surface area contributed by atoms with Crippen molar-refractivity contribution in [2.45, 2.75) is 18.8 Å². The Balaban J connectivity index is 2.39. The van der Waals surface area contributed by atoms with E-state index >= 15 is 0 Å². The van der Waals surface area contributed by atoms with Crippen LogP contribution in [0.2, 0.25) is 0 Å². The summed E-state index contributed by atoms with van der Waals surface area (Å²) in [5.74, 6) is -0.720. The zero-order valence-corrected chi connectivity index (χ0v) is 5.90. The molecule has 2 rings (SSSR count). The van der Waals surface area contributed by atoms with Crippen LogP contribution in [0.4, 0.5) is 8.78 Å². The molecule has 0 aromatic heterocycles. The lowest BCUT2D eigenvalue weighted by molar-refractivity contribution is 0.571. The highest BCUT2D eigenvalue weighted by Gasteiger charge is 2.26. The molecule has 57 valence electrons. The highest BCUT2D eigenvalue weighted by Crippen LogP contribution is 2.41. The normalized spacial score (nSPS) is 16.9. The van der Waals surface area contributed by atoms with Gasteiger partial charge in [0.05, 0.1) is 0 Å². The predicted molar refractivity (Wildman–Crippen MR) is 37.2 cm³/mol. The molecule has 0 unspecified atom stereocenters. The molecule has 1 aliphatic carbocycles. The molecule has 0 heterocycles. The van der Waals surface area contributed by atoms with E-state index in [0.29, 0.717) is 11.5 Å². The van der Waals surface area contributed by atoms with Gasteiger partial charge in [0.15, 0.2) is 0 Å². The molecule has 0 amide bonds. The largest absolute Gasteiger partial charge is 0.207 e. The van der Waals surface area contributed by atoms with Crippen LogP contribution in [0.25, 0.3) is 0 Å². The fourth-order valence-corrected chi connectivity index (χ4v) is 1.16. The van der Waals surface area contributed by atoms with Gasteiger partial charge in [-0.1, -0.05) is 0 Å². The Morgan fingerprint density at radius 3 is 2.64 bits per heavy atom. The van der Waals surface area contributed by atoms with Gasteiger partial charge in [-0.15, -0.1) is 0 Å². The van der Waals surface area contributed by atoms with E-state index in [4.69, 9.17) is 0 Å². The molecule has 1 aromatic carbocycles. The van der Waals surface area contributed by atoms with Crippen molar-refractivity contribution in [2.24, 2.45) is 0 Å². The second-order valence-corrected chi connectivity index (χ2v) is 2.86. The SMILES string of the molecule is Fc1[c]cc(C2CC2)c(F)c1. The fourth-order valence-electron chi connectivity index (χ4n) is 1.16. The molecule has 0 saturated heterocycles. The number of rotatable bonds is 1. The lowest BCUT2D eigenvalue weighted by atomic mass is 10.1. The zero-order valence-electron chi connectivity index (χ0n) is 5.90. The second-order valence-electron chi connectivity index (χ2n) is 2.86. The van der Waals surface area contributed by atoms with Crippen LogP contribution >= 0.6 is 0 Å². The quantitative estimate of drug-likeness (QED) is 0.581. The third-order valence-electron chi connectivity index (χ3n) is 1.91. The van der Waals surface area contributed by atoms with E-state index < -0.39 is 11.6 Å². The van der Waals surface area contributed by atoms with Gasteiger partial charge in [0, 0.05) is 12.1 Å². The zero-order chi connectivity index (χ0) is 7.84. The van der Waals surface area contributed by atoms with Gasteiger partial charge >= 0.3 is 0 Å². The van der Waals surface area contributed by atoms with E-state index in [1.54, 1.807) is 0 Å². The number of hydrogen-bond acceptors (Lipinski definition) is 0. The monoisotopic (exact) mass is 153 g/mol. The molecule has 0 N–H and O–H groups in total. The van der Waals surface area contributed by atoms with Gasteiger partial charge in [0.2, 0.25) is 0 Å². The summed E-state index contributed by atoms with van der Waals surface area (Å²) < 4.78 is 25.2. The van der Waals surface area contributed by atoms with Crippen molar-refractivity contribution >= 4 is 0 Å². The molecule has 1 fully saturated rings. The molecule has 0 spiro atoms. The summed E-state index contributed by atoms with van der Waals surface area (Å²) in [6, 6.07) is 4.67. The van der Waals surface area contributed by atoms with Gasteiger partial charge in [0.1, 0.15) is 11.6 Å². The molecule has 1 aromatic rings. The first-order chi connectivity index (χ1) is 5.27. The Bertz CT molecular complexity index is 277. The highest BCUT2D eigenvalue weighted by atomic mass is 19.1. The number of halogens is 2. The smallest absolute Gasteiger partial charge is 0.134 e. The molecule has 1 aliphatic rings. The summed E-state index contributed by atoms with van der Waals surface area (Å²) in [7, 11) is 0. The van der Waals surface area contributed by atoms with Gasteiger partial charge < -0.3 is 0 Å². The first-order valence-corrected chi connectivity index (χ1v) is 3.64. The highest BCUT2D eigenvalue weighted by molar-refractivity contribution is 5.25. The fraction of sp³-hybridized carbons (Fsp3) is 0.333. The second kappa shape index (κ2) is 2.29. The molecule has 0 bridgehead atoms. The molecule has 1 radical (unpaired) electrons. The summed E-state index contributed by atoms with van der Waals surface area (Å²) >= 11 is 0. The Morgan fingerprint density at radius 1 is 1.36 bits per heavy atom. The van der Waals surface area contributed by atoms with Crippen LogP contribution in [0.5, 0.6) is 0 Å². The van der Waals surface area contributed by atoms with Crippen molar-refractivity contribution in [3.05, 3.63) is 35.4 Å². The summed E-state index contributed by atoms with van der Waals surface area (Å²) in [6.45, 7) is 0. The average Bonchev–Trinajstić information content (AvgIpc) is 2.70. The maximum atomic E-state index is 12.9. The van der Waals surface area contributed by atoms with Crippen LogP contribution in [-0.4, -0.2) is 0 Å². The molecule has 0 atom stereocenters. The minimum absolute atomic E-state index is 0.326. The molecule has 2 heteroatoms. The van der Waals surface area contributed by atoms with Crippen molar-refractivity contribution in [3.63, 3.8) is 0 Å². The molecule has 11 heavy (non-hydrogen) atoms. The lowest BCUT2D eigenvalue weighted by Gasteiger charge is -1.98. The van der Waals surface area contributed by atoms with Gasteiger partial charge in [-0.2, -0.15) is 0 Å². The topological polar surface area (TPSA) is 0 Å². The van der Waals surface area contributed by atoms with E-state index in [2.05, 4.69) is 6.07 Å². The number of hydrogen-bond donors (Lipinski definition) is 0. The van der Waals surface area contributed by atoms with Gasteiger partial charge in [-0.05, 0) is 30.4 Å². The number of benzene rings is 1. The maximum absolute atomic E-state index is 12.9.